The maximum absolute atomic E-state index is 12.3. The van der Waals surface area contributed by atoms with Crippen LogP contribution in [0.25, 0.3) is 0 Å². The topological polar surface area (TPSA) is 66.5 Å². The lowest BCUT2D eigenvalue weighted by Crippen LogP contribution is -2.51. The Labute approximate surface area is 125 Å². The van der Waals surface area contributed by atoms with E-state index in [-0.39, 0.29) is 5.56 Å². The number of carbonyl (C=O) groups is 3. The van der Waals surface area contributed by atoms with E-state index in [0.717, 1.165) is 4.90 Å². The average molecular weight is 316 g/mol. The van der Waals surface area contributed by atoms with Gasteiger partial charge in [-0.25, -0.2) is 0 Å². The molecule has 1 aromatic carbocycles. The maximum atomic E-state index is 12.3. The number of hydrogen-bond acceptors (Lipinski definition) is 3. The van der Waals surface area contributed by atoms with E-state index >= 15 is 0 Å². The number of hydrogen-bond donors (Lipinski definition) is 1. The van der Waals surface area contributed by atoms with Gasteiger partial charge >= 0.3 is 12.1 Å². The predicted molar refractivity (Wildman–Crippen MR) is 72.1 cm³/mol. The molecule has 0 aromatic heterocycles. The van der Waals surface area contributed by atoms with E-state index in [1.54, 1.807) is 23.5 Å². The highest BCUT2D eigenvalue weighted by Crippen LogP contribution is 2.16. The molecule has 0 saturated carbocycles. The van der Waals surface area contributed by atoms with Crippen molar-refractivity contribution in [1.82, 2.24) is 10.2 Å². The normalized spacial score (nSPS) is 12.4. The molecule has 0 bridgehead atoms. The molecule has 0 heterocycles. The van der Waals surface area contributed by atoms with Gasteiger partial charge in [-0.2, -0.15) is 13.2 Å². The van der Waals surface area contributed by atoms with Gasteiger partial charge in [-0.05, 0) is 0 Å². The third-order valence-corrected chi connectivity index (χ3v) is 2.79. The lowest BCUT2D eigenvalue weighted by atomic mass is 10.0. The van der Waals surface area contributed by atoms with Gasteiger partial charge in [0.1, 0.15) is 6.04 Å². The van der Waals surface area contributed by atoms with Crippen molar-refractivity contribution in [2.24, 2.45) is 0 Å². The Kier molecular flexibility index (Phi) is 5.67. The Morgan fingerprint density at radius 1 is 1.14 bits per heavy atom. The van der Waals surface area contributed by atoms with Crippen LogP contribution >= 0.6 is 0 Å². The van der Waals surface area contributed by atoms with E-state index in [1.807, 2.05) is 0 Å². The van der Waals surface area contributed by atoms with Crippen LogP contribution in [-0.2, 0) is 9.59 Å². The molecule has 0 aliphatic rings. The van der Waals surface area contributed by atoms with Crippen molar-refractivity contribution in [3.8, 4) is 0 Å². The van der Waals surface area contributed by atoms with Crippen molar-refractivity contribution in [3.05, 3.63) is 35.9 Å². The molecule has 0 radical (unpaired) electrons. The number of ketones is 1. The number of rotatable bonds is 5. The monoisotopic (exact) mass is 316 g/mol. The Morgan fingerprint density at radius 2 is 1.68 bits per heavy atom. The van der Waals surface area contributed by atoms with Crippen LogP contribution in [0.4, 0.5) is 13.2 Å². The van der Waals surface area contributed by atoms with Gasteiger partial charge in [0.25, 0.3) is 0 Å². The van der Waals surface area contributed by atoms with E-state index in [4.69, 9.17) is 0 Å². The molecular formula is C14H15F3N2O3. The summed E-state index contributed by atoms with van der Waals surface area (Å²) in [5.41, 5.74) is 0.250. The highest BCUT2D eigenvalue weighted by atomic mass is 19.4. The standard InChI is InChI=1S/C14H15F3N2O3/c1-19(2)12(21)10(18-13(22)14(15,16)17)8-11(20)9-6-4-3-5-7-9/h3-7,10H,8H2,1-2H3,(H,18,22). The van der Waals surface area contributed by atoms with Crippen LogP contribution in [0.2, 0.25) is 0 Å². The number of alkyl halides is 3. The number of amides is 2. The Morgan fingerprint density at radius 3 is 2.14 bits per heavy atom. The van der Waals surface area contributed by atoms with Crippen molar-refractivity contribution in [2.75, 3.05) is 14.1 Å². The van der Waals surface area contributed by atoms with Crippen molar-refractivity contribution in [3.63, 3.8) is 0 Å². The minimum atomic E-state index is -5.12. The lowest BCUT2D eigenvalue weighted by Gasteiger charge is -2.21. The first-order valence-electron chi connectivity index (χ1n) is 6.30. The smallest absolute Gasteiger partial charge is 0.347 e. The number of nitrogens with one attached hydrogen (secondary N) is 1. The zero-order valence-corrected chi connectivity index (χ0v) is 12.0. The molecule has 120 valence electrons. The van der Waals surface area contributed by atoms with Crippen molar-refractivity contribution < 1.29 is 27.6 Å². The summed E-state index contributed by atoms with van der Waals surface area (Å²) < 4.78 is 36.9. The number of likely N-dealkylation sites (N-methyl/N-ethyl adjacent to an activating group) is 1. The maximum Gasteiger partial charge on any atom is 0.471 e. The van der Waals surface area contributed by atoms with Crippen LogP contribution < -0.4 is 5.32 Å². The Hall–Kier alpha value is -2.38. The SMILES string of the molecule is CN(C)C(=O)C(CC(=O)c1ccccc1)NC(=O)C(F)(F)F. The van der Waals surface area contributed by atoms with Gasteiger partial charge in [-0.3, -0.25) is 14.4 Å². The Balaban J connectivity index is 2.90. The van der Waals surface area contributed by atoms with E-state index in [0.29, 0.717) is 0 Å². The largest absolute Gasteiger partial charge is 0.471 e. The Bertz CT molecular complexity index is 556. The fourth-order valence-corrected chi connectivity index (χ4v) is 1.68. The summed E-state index contributed by atoms with van der Waals surface area (Å²) in [5.74, 6) is -3.58. The van der Waals surface area contributed by atoms with Crippen LogP contribution in [0.3, 0.4) is 0 Å². The average Bonchev–Trinajstić information content (AvgIpc) is 2.45. The lowest BCUT2D eigenvalue weighted by molar-refractivity contribution is -0.175. The van der Waals surface area contributed by atoms with E-state index in [2.05, 4.69) is 0 Å². The summed E-state index contributed by atoms with van der Waals surface area (Å²) in [6.07, 6.45) is -5.68. The van der Waals surface area contributed by atoms with Gasteiger partial charge in [-0.15, -0.1) is 0 Å². The molecule has 2 amide bonds. The van der Waals surface area contributed by atoms with Crippen LogP contribution in [0.5, 0.6) is 0 Å². The van der Waals surface area contributed by atoms with Crippen molar-refractivity contribution in [2.45, 2.75) is 18.6 Å². The van der Waals surface area contributed by atoms with Crippen molar-refractivity contribution in [1.29, 1.82) is 0 Å². The highest BCUT2D eigenvalue weighted by Gasteiger charge is 2.41. The van der Waals surface area contributed by atoms with Gasteiger partial charge in [0.15, 0.2) is 5.78 Å². The molecular weight excluding hydrogens is 301 g/mol. The number of halogens is 3. The summed E-state index contributed by atoms with van der Waals surface area (Å²) in [6, 6.07) is 6.23. The van der Waals surface area contributed by atoms with Crippen molar-refractivity contribution >= 4 is 17.6 Å². The molecule has 1 rings (SSSR count). The third kappa shape index (κ3) is 4.87. The molecule has 1 unspecified atom stereocenters. The number of carbonyl (C=O) groups excluding carboxylic acids is 3. The molecule has 0 aliphatic heterocycles. The van der Waals surface area contributed by atoms with Gasteiger partial charge in [0.2, 0.25) is 5.91 Å². The van der Waals surface area contributed by atoms with Gasteiger partial charge in [-0.1, -0.05) is 30.3 Å². The molecule has 0 saturated heterocycles. The zero-order chi connectivity index (χ0) is 16.9. The second kappa shape index (κ2) is 7.06. The number of nitrogens with zero attached hydrogens (tertiary/aromatic N) is 1. The quantitative estimate of drug-likeness (QED) is 0.835. The van der Waals surface area contributed by atoms with Gasteiger partial charge in [0, 0.05) is 26.1 Å². The minimum absolute atomic E-state index is 0.250. The molecule has 1 aromatic rings. The molecule has 0 spiro atoms. The second-order valence-corrected chi connectivity index (χ2v) is 4.75. The third-order valence-electron chi connectivity index (χ3n) is 2.79. The number of Topliss-reactive ketones (excluding diaryl/α,β-unsaturated/α-hetero) is 1. The molecule has 1 atom stereocenters. The van der Waals surface area contributed by atoms with Gasteiger partial charge < -0.3 is 10.2 Å². The van der Waals surface area contributed by atoms with Crippen LogP contribution in [0.1, 0.15) is 16.8 Å². The molecule has 0 fully saturated rings. The van der Waals surface area contributed by atoms with Crippen LogP contribution in [0, 0.1) is 0 Å². The summed E-state index contributed by atoms with van der Waals surface area (Å²) in [4.78, 5) is 35.9. The van der Waals surface area contributed by atoms with Gasteiger partial charge in [0.05, 0.1) is 0 Å². The van der Waals surface area contributed by atoms with E-state index < -0.39 is 36.2 Å². The number of benzene rings is 1. The second-order valence-electron chi connectivity index (χ2n) is 4.75. The highest BCUT2D eigenvalue weighted by molar-refractivity contribution is 6.00. The molecule has 8 heteroatoms. The van der Waals surface area contributed by atoms with E-state index in [9.17, 15) is 27.6 Å². The fraction of sp³-hybridized carbons (Fsp3) is 0.357. The minimum Gasteiger partial charge on any atom is -0.347 e. The molecule has 0 aliphatic carbocycles. The van der Waals surface area contributed by atoms with Crippen LogP contribution in [-0.4, -0.2) is 48.8 Å². The summed E-state index contributed by atoms with van der Waals surface area (Å²) in [5, 5.41) is 1.56. The summed E-state index contributed by atoms with van der Waals surface area (Å²) in [6.45, 7) is 0. The first-order valence-corrected chi connectivity index (χ1v) is 6.30. The molecule has 22 heavy (non-hydrogen) atoms. The molecule has 5 nitrogen and oxygen atoms in total. The predicted octanol–water partition coefficient (Wildman–Crippen LogP) is 1.39. The molecule has 1 N–H and O–H groups in total. The summed E-state index contributed by atoms with van der Waals surface area (Å²) >= 11 is 0. The first-order chi connectivity index (χ1) is 10.1. The fourth-order valence-electron chi connectivity index (χ4n) is 1.68. The first kappa shape index (κ1) is 17.7. The zero-order valence-electron chi connectivity index (χ0n) is 12.0. The van der Waals surface area contributed by atoms with Crippen LogP contribution in [0.15, 0.2) is 30.3 Å². The van der Waals surface area contributed by atoms with E-state index in [1.165, 1.54) is 26.2 Å². The summed E-state index contributed by atoms with van der Waals surface area (Å²) in [7, 11) is 2.64.